The predicted octanol–water partition coefficient (Wildman–Crippen LogP) is 2.15. The molecule has 124 valence electrons. The van der Waals surface area contributed by atoms with Crippen LogP contribution in [0.4, 0.5) is 16.2 Å². The standard InChI is InChI=1S/C15H20N4O4/c16-14(20)12-4-2-1-3-5-13(12)18-15(21)17-10-6-8-11(9-7-10)19(22)23/h6-9,12-13H,1-5H2,(H2,16,20)(H2,17,18,21)/t12-,13+/m1/s1. The third-order valence-corrected chi connectivity index (χ3v) is 4.03. The molecule has 1 fully saturated rings. The first-order chi connectivity index (χ1) is 11.0. The highest BCUT2D eigenvalue weighted by Gasteiger charge is 2.29. The lowest BCUT2D eigenvalue weighted by Crippen LogP contribution is -2.46. The van der Waals surface area contributed by atoms with E-state index in [2.05, 4.69) is 10.6 Å². The molecule has 3 amide bonds. The first-order valence-corrected chi connectivity index (χ1v) is 7.58. The summed E-state index contributed by atoms with van der Waals surface area (Å²) in [6.07, 6.45) is 4.27. The highest BCUT2D eigenvalue weighted by atomic mass is 16.6. The first-order valence-electron chi connectivity index (χ1n) is 7.58. The molecule has 1 saturated carbocycles. The molecule has 23 heavy (non-hydrogen) atoms. The zero-order valence-electron chi connectivity index (χ0n) is 12.7. The number of urea groups is 1. The third kappa shape index (κ3) is 4.67. The van der Waals surface area contributed by atoms with E-state index >= 15 is 0 Å². The van der Waals surface area contributed by atoms with E-state index in [-0.39, 0.29) is 17.6 Å². The van der Waals surface area contributed by atoms with Gasteiger partial charge in [0, 0.05) is 23.9 Å². The summed E-state index contributed by atoms with van der Waals surface area (Å²) in [5, 5.41) is 16.0. The zero-order chi connectivity index (χ0) is 16.8. The molecule has 1 aromatic rings. The maximum absolute atomic E-state index is 12.1. The van der Waals surface area contributed by atoms with Crippen molar-refractivity contribution < 1.29 is 14.5 Å². The maximum atomic E-state index is 12.1. The maximum Gasteiger partial charge on any atom is 0.319 e. The molecule has 2 atom stereocenters. The number of nitrogens with two attached hydrogens (primary N) is 1. The summed E-state index contributed by atoms with van der Waals surface area (Å²) in [7, 11) is 0. The van der Waals surface area contributed by atoms with Crippen LogP contribution in [-0.4, -0.2) is 22.9 Å². The van der Waals surface area contributed by atoms with Crippen LogP contribution in [0.5, 0.6) is 0 Å². The number of carbonyl (C=O) groups excluding carboxylic acids is 2. The van der Waals surface area contributed by atoms with Crippen LogP contribution in [0.1, 0.15) is 32.1 Å². The lowest BCUT2D eigenvalue weighted by molar-refractivity contribution is -0.384. The van der Waals surface area contributed by atoms with Gasteiger partial charge in [0.25, 0.3) is 5.69 Å². The van der Waals surface area contributed by atoms with E-state index in [1.807, 2.05) is 0 Å². The van der Waals surface area contributed by atoms with Crippen LogP contribution in [0.25, 0.3) is 0 Å². The minimum absolute atomic E-state index is 0.0477. The van der Waals surface area contributed by atoms with Crippen molar-refractivity contribution in [2.75, 3.05) is 5.32 Å². The Labute approximate surface area is 133 Å². The second kappa shape index (κ2) is 7.57. The number of nitro benzene ring substituents is 1. The first kappa shape index (κ1) is 16.7. The molecule has 0 aromatic heterocycles. The quantitative estimate of drug-likeness (QED) is 0.446. The van der Waals surface area contributed by atoms with Gasteiger partial charge in [0.15, 0.2) is 0 Å². The van der Waals surface area contributed by atoms with E-state index in [1.165, 1.54) is 24.3 Å². The van der Waals surface area contributed by atoms with Crippen molar-refractivity contribution >= 4 is 23.3 Å². The Bertz CT molecular complexity index is 588. The summed E-state index contributed by atoms with van der Waals surface area (Å²) >= 11 is 0. The lowest BCUT2D eigenvalue weighted by atomic mass is 9.94. The minimum Gasteiger partial charge on any atom is -0.369 e. The van der Waals surface area contributed by atoms with Gasteiger partial charge in [0.2, 0.25) is 5.91 Å². The molecular weight excluding hydrogens is 300 g/mol. The summed E-state index contributed by atoms with van der Waals surface area (Å²) < 4.78 is 0. The highest BCUT2D eigenvalue weighted by molar-refractivity contribution is 5.90. The van der Waals surface area contributed by atoms with Crippen molar-refractivity contribution in [2.45, 2.75) is 38.1 Å². The number of nitrogens with one attached hydrogen (secondary N) is 2. The van der Waals surface area contributed by atoms with Gasteiger partial charge in [-0.15, -0.1) is 0 Å². The van der Waals surface area contributed by atoms with Crippen molar-refractivity contribution in [1.29, 1.82) is 0 Å². The smallest absolute Gasteiger partial charge is 0.319 e. The third-order valence-electron chi connectivity index (χ3n) is 4.03. The average molecular weight is 320 g/mol. The second-order valence-electron chi connectivity index (χ2n) is 5.66. The number of carbonyl (C=O) groups is 2. The van der Waals surface area contributed by atoms with Crippen molar-refractivity contribution in [1.82, 2.24) is 5.32 Å². The Hall–Kier alpha value is -2.64. The van der Waals surface area contributed by atoms with E-state index in [0.29, 0.717) is 18.5 Å². The molecule has 8 heteroatoms. The van der Waals surface area contributed by atoms with Crippen LogP contribution in [-0.2, 0) is 4.79 Å². The van der Waals surface area contributed by atoms with Gasteiger partial charge in [0.1, 0.15) is 0 Å². The normalized spacial score (nSPS) is 21.0. The van der Waals surface area contributed by atoms with Crippen molar-refractivity contribution in [3.05, 3.63) is 34.4 Å². The molecule has 0 saturated heterocycles. The van der Waals surface area contributed by atoms with E-state index in [1.54, 1.807) is 0 Å². The van der Waals surface area contributed by atoms with Gasteiger partial charge in [-0.1, -0.05) is 19.3 Å². The van der Waals surface area contributed by atoms with Crippen molar-refractivity contribution in [3.8, 4) is 0 Å². The monoisotopic (exact) mass is 320 g/mol. The van der Waals surface area contributed by atoms with Crippen LogP contribution in [0.15, 0.2) is 24.3 Å². The Kier molecular flexibility index (Phi) is 5.51. The minimum atomic E-state index is -0.507. The summed E-state index contributed by atoms with van der Waals surface area (Å²) in [6.45, 7) is 0. The van der Waals surface area contributed by atoms with E-state index in [9.17, 15) is 19.7 Å². The van der Waals surface area contributed by atoms with E-state index in [0.717, 1.165) is 19.3 Å². The molecule has 2 rings (SSSR count). The molecule has 0 heterocycles. The van der Waals surface area contributed by atoms with Gasteiger partial charge in [-0.05, 0) is 25.0 Å². The van der Waals surface area contributed by atoms with E-state index in [4.69, 9.17) is 5.73 Å². The molecule has 0 radical (unpaired) electrons. The number of benzene rings is 1. The number of rotatable bonds is 4. The summed E-state index contributed by atoms with van der Waals surface area (Å²) in [5.41, 5.74) is 5.82. The lowest BCUT2D eigenvalue weighted by Gasteiger charge is -2.23. The SMILES string of the molecule is NC(=O)[C@@H]1CCCCC[C@@H]1NC(=O)Nc1ccc([N+](=O)[O-])cc1. The van der Waals surface area contributed by atoms with Crippen LogP contribution in [0, 0.1) is 16.0 Å². The second-order valence-corrected chi connectivity index (χ2v) is 5.66. The molecular formula is C15H20N4O4. The topological polar surface area (TPSA) is 127 Å². The van der Waals surface area contributed by atoms with Crippen LogP contribution in [0.3, 0.4) is 0 Å². The molecule has 8 nitrogen and oxygen atoms in total. The fourth-order valence-electron chi connectivity index (χ4n) is 2.82. The largest absolute Gasteiger partial charge is 0.369 e. The fraction of sp³-hybridized carbons (Fsp3) is 0.467. The van der Waals surface area contributed by atoms with E-state index < -0.39 is 16.9 Å². The summed E-state index contributed by atoms with van der Waals surface area (Å²) in [6, 6.07) is 4.80. The molecule has 1 aliphatic rings. The van der Waals surface area contributed by atoms with Crippen LogP contribution in [0.2, 0.25) is 0 Å². The number of hydrogen-bond donors (Lipinski definition) is 3. The Balaban J connectivity index is 1.97. The molecule has 0 unspecified atom stereocenters. The Morgan fingerprint density at radius 3 is 2.39 bits per heavy atom. The van der Waals surface area contributed by atoms with Gasteiger partial charge in [-0.2, -0.15) is 0 Å². The number of anilines is 1. The van der Waals surface area contributed by atoms with Crippen molar-refractivity contribution in [2.24, 2.45) is 11.7 Å². The number of hydrogen-bond acceptors (Lipinski definition) is 4. The molecule has 0 aliphatic heterocycles. The number of amides is 3. The molecule has 0 spiro atoms. The van der Waals surface area contributed by atoms with Crippen LogP contribution < -0.4 is 16.4 Å². The average Bonchev–Trinajstić information content (AvgIpc) is 2.73. The molecule has 1 aromatic carbocycles. The number of nitro groups is 1. The summed E-state index contributed by atoms with van der Waals surface area (Å²) in [5.74, 6) is -0.757. The van der Waals surface area contributed by atoms with Gasteiger partial charge in [0.05, 0.1) is 10.8 Å². The van der Waals surface area contributed by atoms with Crippen molar-refractivity contribution in [3.63, 3.8) is 0 Å². The number of primary amides is 1. The molecule has 0 bridgehead atoms. The Morgan fingerprint density at radius 1 is 1.13 bits per heavy atom. The van der Waals surface area contributed by atoms with Gasteiger partial charge >= 0.3 is 6.03 Å². The molecule has 4 N–H and O–H groups in total. The van der Waals surface area contributed by atoms with Gasteiger partial charge < -0.3 is 16.4 Å². The number of nitrogens with zero attached hydrogens (tertiary/aromatic N) is 1. The van der Waals surface area contributed by atoms with Gasteiger partial charge in [-0.3, -0.25) is 14.9 Å². The Morgan fingerprint density at radius 2 is 1.78 bits per heavy atom. The number of non-ortho nitro benzene ring substituents is 1. The zero-order valence-corrected chi connectivity index (χ0v) is 12.7. The predicted molar refractivity (Wildman–Crippen MR) is 84.8 cm³/mol. The highest BCUT2D eigenvalue weighted by Crippen LogP contribution is 2.23. The van der Waals surface area contributed by atoms with Gasteiger partial charge in [-0.25, -0.2) is 4.79 Å². The molecule has 1 aliphatic carbocycles. The van der Waals surface area contributed by atoms with Crippen LogP contribution >= 0.6 is 0 Å². The summed E-state index contributed by atoms with van der Waals surface area (Å²) in [4.78, 5) is 33.7. The fourth-order valence-corrected chi connectivity index (χ4v) is 2.82.